The van der Waals surface area contributed by atoms with Crippen LogP contribution in [0.3, 0.4) is 0 Å². The molecule has 0 spiro atoms. The molecule has 1 aromatic heterocycles. The van der Waals surface area contributed by atoms with E-state index in [1.807, 2.05) is 30.3 Å². The Hall–Kier alpha value is -3.05. The van der Waals surface area contributed by atoms with Gasteiger partial charge in [-0.25, -0.2) is 4.79 Å². The molecular formula is C17H24N6O5. The van der Waals surface area contributed by atoms with Crippen LogP contribution in [0.4, 0.5) is 4.79 Å². The summed E-state index contributed by atoms with van der Waals surface area (Å²) >= 11 is 0. The van der Waals surface area contributed by atoms with Gasteiger partial charge in [0, 0.05) is 0 Å². The molecule has 2 aromatic rings. The molecule has 0 saturated carbocycles. The number of hydrogen-bond donors (Lipinski definition) is 3. The summed E-state index contributed by atoms with van der Waals surface area (Å²) in [5.74, 6) is -0.989. The SMILES string of the molecule is CC(C)(C)OC(=O)N[C@](CO)(C(N)=O)n1nnnc1COCc1ccccc1. The third-order valence-electron chi connectivity index (χ3n) is 3.58. The van der Waals surface area contributed by atoms with Crippen LogP contribution in [0.2, 0.25) is 0 Å². The Kier molecular flexibility index (Phi) is 6.65. The molecule has 0 unspecified atom stereocenters. The van der Waals surface area contributed by atoms with E-state index in [0.29, 0.717) is 0 Å². The molecule has 2 amide bonds. The Morgan fingerprint density at radius 2 is 1.89 bits per heavy atom. The summed E-state index contributed by atoms with van der Waals surface area (Å²) in [6, 6.07) is 9.40. The van der Waals surface area contributed by atoms with Crippen LogP contribution in [0, 0.1) is 0 Å². The van der Waals surface area contributed by atoms with Crippen molar-refractivity contribution in [3.8, 4) is 0 Å². The molecular weight excluding hydrogens is 368 g/mol. The van der Waals surface area contributed by atoms with Crippen LogP contribution in [-0.2, 0) is 33.1 Å². The predicted molar refractivity (Wildman–Crippen MR) is 96.4 cm³/mol. The number of alkyl carbamates (subject to hydrolysis) is 1. The van der Waals surface area contributed by atoms with Crippen LogP contribution in [0.15, 0.2) is 30.3 Å². The molecule has 11 nitrogen and oxygen atoms in total. The van der Waals surface area contributed by atoms with Gasteiger partial charge in [-0.2, -0.15) is 4.68 Å². The Morgan fingerprint density at radius 1 is 1.21 bits per heavy atom. The second-order valence-electron chi connectivity index (χ2n) is 6.99. The van der Waals surface area contributed by atoms with Crippen LogP contribution >= 0.6 is 0 Å². The summed E-state index contributed by atoms with van der Waals surface area (Å²) < 4.78 is 11.6. The Bertz CT molecular complexity index is 804. The van der Waals surface area contributed by atoms with Gasteiger partial charge in [0.25, 0.3) is 5.91 Å². The number of rotatable bonds is 8. The van der Waals surface area contributed by atoms with Gasteiger partial charge in [-0.1, -0.05) is 30.3 Å². The van der Waals surface area contributed by atoms with E-state index >= 15 is 0 Å². The van der Waals surface area contributed by atoms with E-state index in [9.17, 15) is 14.7 Å². The molecule has 0 aliphatic heterocycles. The fourth-order valence-corrected chi connectivity index (χ4v) is 2.30. The summed E-state index contributed by atoms with van der Waals surface area (Å²) in [6.07, 6.45) is -0.966. The van der Waals surface area contributed by atoms with E-state index in [-0.39, 0.29) is 19.0 Å². The lowest BCUT2D eigenvalue weighted by atomic mass is 10.1. The first kappa shape index (κ1) is 21.3. The minimum Gasteiger partial charge on any atom is -0.444 e. The number of aromatic nitrogens is 4. The van der Waals surface area contributed by atoms with E-state index in [1.165, 1.54) is 0 Å². The van der Waals surface area contributed by atoms with Gasteiger partial charge < -0.3 is 20.3 Å². The number of aliphatic hydroxyl groups excluding tert-OH is 1. The number of ether oxygens (including phenoxy) is 2. The van der Waals surface area contributed by atoms with Gasteiger partial charge in [-0.3, -0.25) is 10.1 Å². The van der Waals surface area contributed by atoms with Crippen LogP contribution in [0.1, 0.15) is 32.2 Å². The van der Waals surface area contributed by atoms with Crippen molar-refractivity contribution < 1.29 is 24.2 Å². The highest BCUT2D eigenvalue weighted by atomic mass is 16.6. The number of aliphatic hydroxyl groups is 1. The van der Waals surface area contributed by atoms with Gasteiger partial charge >= 0.3 is 6.09 Å². The fraction of sp³-hybridized carbons (Fsp3) is 0.471. The topological polar surface area (TPSA) is 154 Å². The molecule has 1 atom stereocenters. The summed E-state index contributed by atoms with van der Waals surface area (Å²) in [5, 5.41) is 23.1. The second-order valence-corrected chi connectivity index (χ2v) is 6.99. The molecule has 11 heteroatoms. The van der Waals surface area contributed by atoms with E-state index in [0.717, 1.165) is 10.2 Å². The number of amides is 2. The zero-order valence-corrected chi connectivity index (χ0v) is 16.0. The third kappa shape index (κ3) is 5.24. The molecule has 0 bridgehead atoms. The third-order valence-corrected chi connectivity index (χ3v) is 3.58. The summed E-state index contributed by atoms with van der Waals surface area (Å²) in [5.41, 5.74) is 3.42. The predicted octanol–water partition coefficient (Wildman–Crippen LogP) is 0.0450. The number of nitrogens with two attached hydrogens (primary N) is 1. The molecule has 0 saturated heterocycles. The van der Waals surface area contributed by atoms with Crippen molar-refractivity contribution >= 4 is 12.0 Å². The number of carbonyl (C=O) groups is 2. The lowest BCUT2D eigenvalue weighted by Gasteiger charge is -2.31. The average molecular weight is 392 g/mol. The number of carbonyl (C=O) groups excluding carboxylic acids is 2. The molecule has 0 aliphatic rings. The molecule has 28 heavy (non-hydrogen) atoms. The molecule has 0 fully saturated rings. The van der Waals surface area contributed by atoms with Crippen molar-refractivity contribution in [2.24, 2.45) is 5.73 Å². The molecule has 1 aromatic carbocycles. The van der Waals surface area contributed by atoms with E-state index in [1.54, 1.807) is 20.8 Å². The zero-order valence-electron chi connectivity index (χ0n) is 16.0. The Labute approximate surface area is 161 Å². The quantitative estimate of drug-likeness (QED) is 0.569. The standard InChI is InChI=1S/C17H24N6O5/c1-16(2,3)28-15(26)19-17(11-24,14(18)25)23-13(20-21-22-23)10-27-9-12-7-5-4-6-8-12/h4-8,24H,9-11H2,1-3H3,(H2,18,25)(H,19,26)/t17-/m0/s1. The lowest BCUT2D eigenvalue weighted by molar-refractivity contribution is -0.132. The molecule has 4 N–H and O–H groups in total. The smallest absolute Gasteiger partial charge is 0.410 e. The van der Waals surface area contributed by atoms with Crippen LogP contribution in [0.5, 0.6) is 0 Å². The summed E-state index contributed by atoms with van der Waals surface area (Å²) in [7, 11) is 0. The first-order valence-corrected chi connectivity index (χ1v) is 8.49. The maximum Gasteiger partial charge on any atom is 0.410 e. The average Bonchev–Trinajstić information content (AvgIpc) is 3.07. The Balaban J connectivity index is 2.19. The minimum atomic E-state index is -2.13. The van der Waals surface area contributed by atoms with E-state index in [4.69, 9.17) is 15.2 Å². The number of tetrazole rings is 1. The van der Waals surface area contributed by atoms with Crippen molar-refractivity contribution in [3.05, 3.63) is 41.7 Å². The highest BCUT2D eigenvalue weighted by Gasteiger charge is 2.44. The highest BCUT2D eigenvalue weighted by Crippen LogP contribution is 2.16. The molecule has 1 heterocycles. The normalized spacial score (nSPS) is 13.6. The van der Waals surface area contributed by atoms with Crippen LogP contribution in [-0.4, -0.2) is 49.5 Å². The van der Waals surface area contributed by atoms with Gasteiger partial charge in [-0.15, -0.1) is 5.10 Å². The maximum absolute atomic E-state index is 12.2. The van der Waals surface area contributed by atoms with E-state index in [2.05, 4.69) is 20.8 Å². The Morgan fingerprint density at radius 3 is 2.46 bits per heavy atom. The fourth-order valence-electron chi connectivity index (χ4n) is 2.30. The van der Waals surface area contributed by atoms with Crippen LogP contribution < -0.4 is 11.1 Å². The molecule has 152 valence electrons. The number of primary amides is 1. The minimum absolute atomic E-state index is 0.0832. The molecule has 0 aliphatic carbocycles. The van der Waals surface area contributed by atoms with Gasteiger partial charge in [-0.05, 0) is 36.8 Å². The van der Waals surface area contributed by atoms with E-state index < -0.39 is 29.9 Å². The zero-order chi connectivity index (χ0) is 20.8. The van der Waals surface area contributed by atoms with Crippen molar-refractivity contribution in [2.75, 3.05) is 6.61 Å². The highest BCUT2D eigenvalue weighted by molar-refractivity contribution is 5.86. The first-order valence-electron chi connectivity index (χ1n) is 8.49. The van der Waals surface area contributed by atoms with Crippen molar-refractivity contribution in [2.45, 2.75) is 45.2 Å². The number of nitrogens with zero attached hydrogens (tertiary/aromatic N) is 4. The summed E-state index contributed by atoms with van der Waals surface area (Å²) in [6.45, 7) is 4.24. The molecule has 0 radical (unpaired) electrons. The second kappa shape index (κ2) is 8.76. The monoisotopic (exact) mass is 392 g/mol. The maximum atomic E-state index is 12.2. The van der Waals surface area contributed by atoms with Gasteiger partial charge in [0.1, 0.15) is 12.2 Å². The number of hydrogen-bond acceptors (Lipinski definition) is 8. The largest absolute Gasteiger partial charge is 0.444 e. The van der Waals surface area contributed by atoms with Gasteiger partial charge in [0.05, 0.1) is 13.2 Å². The molecule has 2 rings (SSSR count). The van der Waals surface area contributed by atoms with Gasteiger partial charge in [0.15, 0.2) is 5.82 Å². The number of nitrogens with one attached hydrogen (secondary N) is 1. The van der Waals surface area contributed by atoms with Gasteiger partial charge in [0.2, 0.25) is 5.66 Å². The number of benzene rings is 1. The lowest BCUT2D eigenvalue weighted by Crippen LogP contribution is -2.62. The van der Waals surface area contributed by atoms with Crippen molar-refractivity contribution in [1.82, 2.24) is 25.5 Å². The first-order chi connectivity index (χ1) is 13.2. The van der Waals surface area contributed by atoms with Crippen molar-refractivity contribution in [3.63, 3.8) is 0 Å². The summed E-state index contributed by atoms with van der Waals surface area (Å²) in [4.78, 5) is 24.3. The van der Waals surface area contributed by atoms with Crippen LogP contribution in [0.25, 0.3) is 0 Å². The van der Waals surface area contributed by atoms with Crippen molar-refractivity contribution in [1.29, 1.82) is 0 Å².